The number of hydrogen-bond donors (Lipinski definition) is 1. The Morgan fingerprint density at radius 2 is 1.85 bits per heavy atom. The first-order valence-corrected chi connectivity index (χ1v) is 8.45. The van der Waals surface area contributed by atoms with Crippen molar-refractivity contribution in [1.29, 1.82) is 0 Å². The Bertz CT molecular complexity index is 1100. The van der Waals surface area contributed by atoms with Crippen LogP contribution in [0.4, 0.5) is 4.39 Å². The highest BCUT2D eigenvalue weighted by molar-refractivity contribution is 5.67. The van der Waals surface area contributed by atoms with Crippen molar-refractivity contribution in [1.82, 2.24) is 14.4 Å². The van der Waals surface area contributed by atoms with E-state index in [-0.39, 0.29) is 5.75 Å². The highest BCUT2D eigenvalue weighted by Crippen LogP contribution is 2.28. The molecule has 0 atom stereocenters. The second-order valence-corrected chi connectivity index (χ2v) is 6.59. The van der Waals surface area contributed by atoms with Crippen LogP contribution >= 0.6 is 0 Å². The maximum absolute atomic E-state index is 13.7. The van der Waals surface area contributed by atoms with Gasteiger partial charge in [-0.15, -0.1) is 0 Å². The molecule has 4 aromatic rings. The van der Waals surface area contributed by atoms with E-state index < -0.39 is 5.82 Å². The van der Waals surface area contributed by atoms with Gasteiger partial charge in [0.15, 0.2) is 17.2 Å². The lowest BCUT2D eigenvalue weighted by Gasteiger charge is -2.09. The summed E-state index contributed by atoms with van der Waals surface area (Å²) >= 11 is 0. The summed E-state index contributed by atoms with van der Waals surface area (Å²) in [5, 5.41) is 9.41. The summed E-state index contributed by atoms with van der Waals surface area (Å²) in [6.45, 7) is 4.31. The molecule has 2 aromatic carbocycles. The Labute approximate surface area is 150 Å². The average Bonchev–Trinajstić information content (AvgIpc) is 3.07. The van der Waals surface area contributed by atoms with Gasteiger partial charge in [-0.1, -0.05) is 32.0 Å². The first-order valence-electron chi connectivity index (χ1n) is 8.45. The number of imidazole rings is 1. The van der Waals surface area contributed by atoms with Gasteiger partial charge >= 0.3 is 0 Å². The lowest BCUT2D eigenvalue weighted by atomic mass is 10.00. The molecule has 5 heteroatoms. The number of phenols is 1. The number of aromatic hydroxyl groups is 1. The molecule has 2 aromatic heterocycles. The SMILES string of the molecule is CC(C)c1cccc(-c2cn3c(-c4ccc(O)c(F)c4)cnc3cn2)c1. The minimum Gasteiger partial charge on any atom is -0.505 e. The summed E-state index contributed by atoms with van der Waals surface area (Å²) < 4.78 is 15.6. The molecule has 4 rings (SSSR count). The third kappa shape index (κ3) is 2.81. The van der Waals surface area contributed by atoms with Crippen LogP contribution in [0.1, 0.15) is 25.3 Å². The zero-order valence-corrected chi connectivity index (χ0v) is 14.5. The van der Waals surface area contributed by atoms with Crippen molar-refractivity contribution in [2.45, 2.75) is 19.8 Å². The molecule has 0 radical (unpaired) electrons. The highest BCUT2D eigenvalue weighted by Gasteiger charge is 2.11. The van der Waals surface area contributed by atoms with Crippen LogP contribution in [-0.2, 0) is 0 Å². The number of hydrogen-bond acceptors (Lipinski definition) is 3. The van der Waals surface area contributed by atoms with Gasteiger partial charge in [-0.2, -0.15) is 0 Å². The molecule has 0 unspecified atom stereocenters. The van der Waals surface area contributed by atoms with Crippen LogP contribution in [0.5, 0.6) is 5.75 Å². The molecule has 0 bridgehead atoms. The molecule has 130 valence electrons. The summed E-state index contributed by atoms with van der Waals surface area (Å²) in [5.41, 5.74) is 5.14. The van der Waals surface area contributed by atoms with Crippen LogP contribution in [-0.4, -0.2) is 19.5 Å². The van der Waals surface area contributed by atoms with Gasteiger partial charge in [0.2, 0.25) is 0 Å². The fourth-order valence-electron chi connectivity index (χ4n) is 2.98. The quantitative estimate of drug-likeness (QED) is 0.565. The van der Waals surface area contributed by atoms with Gasteiger partial charge in [-0.05, 0) is 35.7 Å². The van der Waals surface area contributed by atoms with E-state index in [9.17, 15) is 9.50 Å². The molecular formula is C21H18FN3O. The predicted molar refractivity (Wildman–Crippen MR) is 99.6 cm³/mol. The zero-order valence-electron chi connectivity index (χ0n) is 14.5. The van der Waals surface area contributed by atoms with Crippen LogP contribution in [0, 0.1) is 5.82 Å². The van der Waals surface area contributed by atoms with E-state index in [0.29, 0.717) is 17.1 Å². The third-order valence-corrected chi connectivity index (χ3v) is 4.49. The van der Waals surface area contributed by atoms with Gasteiger partial charge in [0.05, 0.1) is 23.8 Å². The predicted octanol–water partition coefficient (Wildman–Crippen LogP) is 5.03. The van der Waals surface area contributed by atoms with Gasteiger partial charge in [-0.3, -0.25) is 9.38 Å². The molecule has 2 heterocycles. The van der Waals surface area contributed by atoms with Gasteiger partial charge in [0.1, 0.15) is 0 Å². The second kappa shape index (κ2) is 6.26. The van der Waals surface area contributed by atoms with Crippen molar-refractivity contribution < 1.29 is 9.50 Å². The van der Waals surface area contributed by atoms with Crippen molar-refractivity contribution in [2.75, 3.05) is 0 Å². The fraction of sp³-hybridized carbons (Fsp3) is 0.143. The van der Waals surface area contributed by atoms with Crippen molar-refractivity contribution in [2.24, 2.45) is 0 Å². The maximum Gasteiger partial charge on any atom is 0.165 e. The molecule has 0 aliphatic carbocycles. The summed E-state index contributed by atoms with van der Waals surface area (Å²) in [4.78, 5) is 8.86. The van der Waals surface area contributed by atoms with E-state index in [0.717, 1.165) is 17.0 Å². The van der Waals surface area contributed by atoms with Gasteiger partial charge in [0, 0.05) is 17.3 Å². The Morgan fingerprint density at radius 3 is 2.62 bits per heavy atom. The van der Waals surface area contributed by atoms with Gasteiger partial charge < -0.3 is 5.11 Å². The van der Waals surface area contributed by atoms with Crippen LogP contribution in [0.15, 0.2) is 61.1 Å². The van der Waals surface area contributed by atoms with Crippen LogP contribution < -0.4 is 0 Å². The summed E-state index contributed by atoms with van der Waals surface area (Å²) in [5.74, 6) is -0.589. The van der Waals surface area contributed by atoms with Crippen molar-refractivity contribution in [3.05, 3.63) is 72.4 Å². The molecule has 0 amide bonds. The molecule has 0 saturated carbocycles. The van der Waals surface area contributed by atoms with Crippen molar-refractivity contribution in [3.63, 3.8) is 0 Å². The Kier molecular flexibility index (Phi) is 3.92. The molecule has 0 spiro atoms. The molecular weight excluding hydrogens is 329 g/mol. The summed E-state index contributed by atoms with van der Waals surface area (Å²) in [6.07, 6.45) is 5.29. The molecule has 0 aliphatic heterocycles. The smallest absolute Gasteiger partial charge is 0.165 e. The molecule has 26 heavy (non-hydrogen) atoms. The first kappa shape index (κ1) is 16.3. The second-order valence-electron chi connectivity index (χ2n) is 6.59. The number of fused-ring (bicyclic) bond motifs is 1. The van der Waals surface area contributed by atoms with Gasteiger partial charge in [0.25, 0.3) is 0 Å². The fourth-order valence-corrected chi connectivity index (χ4v) is 2.98. The highest BCUT2D eigenvalue weighted by atomic mass is 19.1. The van der Waals surface area contributed by atoms with E-state index in [4.69, 9.17) is 0 Å². The van der Waals surface area contributed by atoms with Crippen molar-refractivity contribution >= 4 is 5.65 Å². The molecule has 4 nitrogen and oxygen atoms in total. The summed E-state index contributed by atoms with van der Waals surface area (Å²) in [6, 6.07) is 12.6. The normalized spacial score (nSPS) is 11.4. The number of halogens is 1. The Balaban J connectivity index is 1.84. The largest absolute Gasteiger partial charge is 0.505 e. The third-order valence-electron chi connectivity index (χ3n) is 4.49. The molecule has 0 fully saturated rings. The van der Waals surface area contributed by atoms with Crippen molar-refractivity contribution in [3.8, 4) is 28.3 Å². The van der Waals surface area contributed by atoms with E-state index in [1.807, 2.05) is 22.7 Å². The number of aromatic nitrogens is 3. The minimum atomic E-state index is -0.656. The lowest BCUT2D eigenvalue weighted by molar-refractivity contribution is 0.432. The number of benzene rings is 2. The molecule has 0 saturated heterocycles. The van der Waals surface area contributed by atoms with E-state index >= 15 is 0 Å². The van der Waals surface area contributed by atoms with Gasteiger partial charge in [-0.25, -0.2) is 9.37 Å². The molecule has 1 N–H and O–H groups in total. The Hall–Kier alpha value is -3.21. The monoisotopic (exact) mass is 347 g/mol. The summed E-state index contributed by atoms with van der Waals surface area (Å²) in [7, 11) is 0. The molecule has 0 aliphatic rings. The standard InChI is InChI=1S/C21H18FN3O/c1-13(2)14-4-3-5-15(8-14)18-12-25-19(10-24-21(25)11-23-18)16-6-7-20(26)17(22)9-16/h3-13,26H,1-2H3. The number of nitrogens with zero attached hydrogens (tertiary/aromatic N) is 3. The van der Waals surface area contributed by atoms with E-state index in [1.165, 1.54) is 17.7 Å². The van der Waals surface area contributed by atoms with E-state index in [1.54, 1.807) is 18.5 Å². The zero-order chi connectivity index (χ0) is 18.3. The maximum atomic E-state index is 13.7. The topological polar surface area (TPSA) is 50.4 Å². The minimum absolute atomic E-state index is 0.365. The average molecular weight is 347 g/mol. The number of rotatable bonds is 3. The first-order chi connectivity index (χ1) is 12.5. The van der Waals surface area contributed by atoms with Crippen LogP contribution in [0.25, 0.3) is 28.2 Å². The lowest BCUT2D eigenvalue weighted by Crippen LogP contribution is -1.94. The Morgan fingerprint density at radius 1 is 1.00 bits per heavy atom. The van der Waals surface area contributed by atoms with Crippen LogP contribution in [0.3, 0.4) is 0 Å². The van der Waals surface area contributed by atoms with Crippen LogP contribution in [0.2, 0.25) is 0 Å². The number of phenolic OH excluding ortho intramolecular Hbond substituents is 1. The van der Waals surface area contributed by atoms with E-state index in [2.05, 4.69) is 35.9 Å².